The molecule has 3 heteroatoms. The molecule has 112 valence electrons. The molecule has 0 bridgehead atoms. The van der Waals surface area contributed by atoms with E-state index in [1.54, 1.807) is 7.11 Å². The molecule has 0 amide bonds. The van der Waals surface area contributed by atoms with Gasteiger partial charge in [0, 0.05) is 23.7 Å². The molecule has 0 fully saturated rings. The molecule has 2 rings (SSSR count). The van der Waals surface area contributed by atoms with Crippen LogP contribution < -0.4 is 10.1 Å². The Hall–Kier alpha value is -2.00. The molecule has 0 aliphatic rings. The monoisotopic (exact) mass is 285 g/mol. The first-order chi connectivity index (χ1) is 10.0. The summed E-state index contributed by atoms with van der Waals surface area (Å²) in [5.41, 5.74) is 4.14. The van der Waals surface area contributed by atoms with Crippen LogP contribution in [0, 0.1) is 13.8 Å². The number of hydrogen-bond donors (Lipinski definition) is 2. The lowest BCUT2D eigenvalue weighted by Gasteiger charge is -2.18. The molecule has 0 aliphatic heterocycles. The van der Waals surface area contributed by atoms with Gasteiger partial charge in [-0.25, -0.2) is 0 Å². The summed E-state index contributed by atoms with van der Waals surface area (Å²) in [7, 11) is 1.69. The van der Waals surface area contributed by atoms with Gasteiger partial charge in [-0.2, -0.15) is 0 Å². The van der Waals surface area contributed by atoms with Gasteiger partial charge in [0.05, 0.1) is 7.11 Å². The zero-order valence-corrected chi connectivity index (χ0v) is 13.1. The van der Waals surface area contributed by atoms with Gasteiger partial charge in [-0.1, -0.05) is 35.9 Å². The summed E-state index contributed by atoms with van der Waals surface area (Å²) in [5, 5.41) is 13.5. The van der Waals surface area contributed by atoms with E-state index in [0.717, 1.165) is 22.4 Å². The van der Waals surface area contributed by atoms with Crippen molar-refractivity contribution in [3.63, 3.8) is 0 Å². The van der Waals surface area contributed by atoms with Gasteiger partial charge in [-0.15, -0.1) is 0 Å². The van der Waals surface area contributed by atoms with Gasteiger partial charge in [0.1, 0.15) is 11.5 Å². The highest BCUT2D eigenvalue weighted by atomic mass is 16.5. The third-order valence-electron chi connectivity index (χ3n) is 3.77. The summed E-state index contributed by atoms with van der Waals surface area (Å²) in [5.74, 6) is 1.25. The van der Waals surface area contributed by atoms with Gasteiger partial charge in [0.25, 0.3) is 0 Å². The third kappa shape index (κ3) is 3.56. The zero-order valence-electron chi connectivity index (χ0n) is 13.1. The summed E-state index contributed by atoms with van der Waals surface area (Å²) in [6, 6.07) is 12.1. The van der Waals surface area contributed by atoms with E-state index in [-0.39, 0.29) is 6.04 Å². The predicted octanol–water partition coefficient (Wildman–Crippen LogP) is 3.87. The quantitative estimate of drug-likeness (QED) is 0.876. The molecule has 2 aromatic carbocycles. The van der Waals surface area contributed by atoms with Crippen LogP contribution in [-0.4, -0.2) is 12.2 Å². The SMILES string of the molecule is COc1ccc(C)cc1C(C)NCc1cccc(C)c1O. The number of phenols is 1. The average Bonchev–Trinajstić information content (AvgIpc) is 2.48. The number of rotatable bonds is 5. The number of benzene rings is 2. The van der Waals surface area contributed by atoms with E-state index in [1.807, 2.05) is 37.3 Å². The summed E-state index contributed by atoms with van der Waals surface area (Å²) < 4.78 is 5.43. The van der Waals surface area contributed by atoms with Crippen LogP contribution in [0.25, 0.3) is 0 Å². The first-order valence-corrected chi connectivity index (χ1v) is 7.18. The highest BCUT2D eigenvalue weighted by Crippen LogP contribution is 2.27. The number of phenolic OH excluding ortho intramolecular Hbond substituents is 1. The summed E-state index contributed by atoms with van der Waals surface area (Å²) in [4.78, 5) is 0. The minimum absolute atomic E-state index is 0.139. The zero-order chi connectivity index (χ0) is 15.4. The predicted molar refractivity (Wildman–Crippen MR) is 85.8 cm³/mol. The number of ether oxygens (including phenoxy) is 1. The maximum atomic E-state index is 10.1. The van der Waals surface area contributed by atoms with E-state index in [1.165, 1.54) is 5.56 Å². The van der Waals surface area contributed by atoms with Crippen molar-refractivity contribution in [2.75, 3.05) is 7.11 Å². The fourth-order valence-electron chi connectivity index (χ4n) is 2.43. The Kier molecular flexibility index (Phi) is 4.86. The number of nitrogens with one attached hydrogen (secondary N) is 1. The van der Waals surface area contributed by atoms with Crippen LogP contribution in [0.4, 0.5) is 0 Å². The van der Waals surface area contributed by atoms with Crippen molar-refractivity contribution >= 4 is 0 Å². The Bertz CT molecular complexity index is 623. The van der Waals surface area contributed by atoms with Crippen LogP contribution in [0.1, 0.15) is 35.2 Å². The molecule has 0 aromatic heterocycles. The van der Waals surface area contributed by atoms with Gasteiger partial charge in [0.2, 0.25) is 0 Å². The number of hydrogen-bond acceptors (Lipinski definition) is 3. The fraction of sp³-hybridized carbons (Fsp3) is 0.333. The van der Waals surface area contributed by atoms with E-state index in [4.69, 9.17) is 4.74 Å². The van der Waals surface area contributed by atoms with Crippen LogP contribution in [0.15, 0.2) is 36.4 Å². The second kappa shape index (κ2) is 6.64. The summed E-state index contributed by atoms with van der Waals surface area (Å²) in [6.45, 7) is 6.70. The summed E-state index contributed by atoms with van der Waals surface area (Å²) >= 11 is 0. The van der Waals surface area contributed by atoms with Crippen LogP contribution >= 0.6 is 0 Å². The third-order valence-corrected chi connectivity index (χ3v) is 3.77. The van der Waals surface area contributed by atoms with Gasteiger partial charge in [-0.05, 0) is 32.4 Å². The highest BCUT2D eigenvalue weighted by molar-refractivity contribution is 5.41. The molecule has 2 aromatic rings. The lowest BCUT2D eigenvalue weighted by molar-refractivity contribution is 0.400. The highest BCUT2D eigenvalue weighted by Gasteiger charge is 2.12. The van der Waals surface area contributed by atoms with Crippen molar-refractivity contribution in [2.45, 2.75) is 33.4 Å². The topological polar surface area (TPSA) is 41.5 Å². The van der Waals surface area contributed by atoms with Crippen molar-refractivity contribution in [1.82, 2.24) is 5.32 Å². The number of methoxy groups -OCH3 is 1. The lowest BCUT2D eigenvalue weighted by atomic mass is 10.0. The Morgan fingerprint density at radius 2 is 1.95 bits per heavy atom. The molecule has 21 heavy (non-hydrogen) atoms. The van der Waals surface area contributed by atoms with Gasteiger partial charge in [0.15, 0.2) is 0 Å². The standard InChI is InChI=1S/C18H23NO2/c1-12-8-9-17(21-4)16(10-12)14(3)19-11-15-7-5-6-13(2)18(15)20/h5-10,14,19-20H,11H2,1-4H3. The molecule has 0 saturated heterocycles. The molecule has 0 saturated carbocycles. The van der Waals surface area contributed by atoms with Crippen molar-refractivity contribution in [3.05, 3.63) is 58.7 Å². The molecule has 0 heterocycles. The van der Waals surface area contributed by atoms with E-state index in [0.29, 0.717) is 12.3 Å². The second-order valence-corrected chi connectivity index (χ2v) is 5.43. The number of aryl methyl sites for hydroxylation is 2. The Morgan fingerprint density at radius 1 is 1.19 bits per heavy atom. The van der Waals surface area contributed by atoms with Crippen LogP contribution in [0.5, 0.6) is 11.5 Å². The summed E-state index contributed by atoms with van der Waals surface area (Å²) in [6.07, 6.45) is 0. The molecule has 0 aliphatic carbocycles. The number of para-hydroxylation sites is 1. The van der Waals surface area contributed by atoms with Crippen LogP contribution in [-0.2, 0) is 6.54 Å². The number of aromatic hydroxyl groups is 1. The minimum Gasteiger partial charge on any atom is -0.507 e. The van der Waals surface area contributed by atoms with Crippen molar-refractivity contribution < 1.29 is 9.84 Å². The van der Waals surface area contributed by atoms with Gasteiger partial charge >= 0.3 is 0 Å². The molecular formula is C18H23NO2. The molecule has 0 radical (unpaired) electrons. The fourth-order valence-corrected chi connectivity index (χ4v) is 2.43. The largest absolute Gasteiger partial charge is 0.507 e. The molecular weight excluding hydrogens is 262 g/mol. The Balaban J connectivity index is 2.13. The molecule has 2 N–H and O–H groups in total. The van der Waals surface area contributed by atoms with Gasteiger partial charge in [-0.3, -0.25) is 0 Å². The molecule has 0 spiro atoms. The van der Waals surface area contributed by atoms with E-state index in [2.05, 4.69) is 25.2 Å². The maximum Gasteiger partial charge on any atom is 0.123 e. The van der Waals surface area contributed by atoms with E-state index >= 15 is 0 Å². The maximum absolute atomic E-state index is 10.1. The smallest absolute Gasteiger partial charge is 0.123 e. The normalized spacial score (nSPS) is 12.2. The Labute approximate surface area is 126 Å². The molecule has 3 nitrogen and oxygen atoms in total. The van der Waals surface area contributed by atoms with Crippen LogP contribution in [0.2, 0.25) is 0 Å². The first-order valence-electron chi connectivity index (χ1n) is 7.18. The van der Waals surface area contributed by atoms with Gasteiger partial charge < -0.3 is 15.2 Å². The van der Waals surface area contributed by atoms with Crippen molar-refractivity contribution in [1.29, 1.82) is 0 Å². The second-order valence-electron chi connectivity index (χ2n) is 5.43. The minimum atomic E-state index is 0.139. The van der Waals surface area contributed by atoms with Crippen molar-refractivity contribution in [2.24, 2.45) is 0 Å². The van der Waals surface area contributed by atoms with Crippen LogP contribution in [0.3, 0.4) is 0 Å². The van der Waals surface area contributed by atoms with Crippen molar-refractivity contribution in [3.8, 4) is 11.5 Å². The first kappa shape index (κ1) is 15.4. The lowest BCUT2D eigenvalue weighted by Crippen LogP contribution is -2.19. The Morgan fingerprint density at radius 3 is 2.67 bits per heavy atom. The average molecular weight is 285 g/mol. The van der Waals surface area contributed by atoms with E-state index in [9.17, 15) is 5.11 Å². The molecule has 1 atom stereocenters. The molecule has 1 unspecified atom stereocenters. The van der Waals surface area contributed by atoms with E-state index < -0.39 is 0 Å².